The molecule has 2 aliphatic carbocycles. The SMILES string of the molecule is CC(=O)OC[C@@]12[C@H](OC(C)=O)[C@H](OC(C)=O)[C@@H]3[C@@H](OC(C)=O)[C@@]14O[C@@]3(C)COC(=O)c1cccnc1[C@@H](C)[C@H](C)C(=O)O[C@@H]([C@H](OC(=O)c1ccccc1)[C@@H]2OC(=O)c1ccccc1)[C@]4(C)O. The first-order valence-corrected chi connectivity index (χ1v) is 21.5. The molecule has 356 valence electrons. The lowest BCUT2D eigenvalue weighted by Crippen LogP contribution is -2.89. The summed E-state index contributed by atoms with van der Waals surface area (Å²) < 4.78 is 56.6. The molecule has 2 aliphatic heterocycles. The van der Waals surface area contributed by atoms with Gasteiger partial charge in [0.2, 0.25) is 0 Å². The Hall–Kier alpha value is -6.73. The number of pyridine rings is 1. The van der Waals surface area contributed by atoms with E-state index in [1.54, 1.807) is 19.1 Å². The van der Waals surface area contributed by atoms with Gasteiger partial charge < -0.3 is 47.7 Å². The summed E-state index contributed by atoms with van der Waals surface area (Å²) in [5.74, 6) is -12.0. The van der Waals surface area contributed by atoms with E-state index in [1.165, 1.54) is 80.7 Å². The number of cyclic esters (lactones) is 1. The van der Waals surface area contributed by atoms with E-state index in [2.05, 4.69) is 4.98 Å². The molecule has 2 aromatic carbocycles. The first-order chi connectivity index (χ1) is 31.6. The average molecular weight is 930 g/mol. The van der Waals surface area contributed by atoms with Gasteiger partial charge in [-0.25, -0.2) is 14.4 Å². The highest BCUT2D eigenvalue weighted by Gasteiger charge is 2.92. The maximum absolute atomic E-state index is 14.8. The Kier molecular flexibility index (Phi) is 13.1. The van der Waals surface area contributed by atoms with Gasteiger partial charge in [-0.15, -0.1) is 0 Å². The van der Waals surface area contributed by atoms with Gasteiger partial charge in [-0.2, -0.15) is 0 Å². The third kappa shape index (κ3) is 8.17. The molecule has 1 spiro atoms. The van der Waals surface area contributed by atoms with Crippen molar-refractivity contribution in [2.75, 3.05) is 13.2 Å². The maximum Gasteiger partial charge on any atom is 0.340 e. The molecule has 0 radical (unpaired) electrons. The second-order valence-electron chi connectivity index (χ2n) is 17.7. The molecule has 1 aromatic heterocycles. The minimum absolute atomic E-state index is 0.0562. The number of hydrogen-bond donors (Lipinski definition) is 1. The molecule has 13 atom stereocenters. The van der Waals surface area contributed by atoms with Crippen molar-refractivity contribution in [1.29, 1.82) is 0 Å². The third-order valence-corrected chi connectivity index (χ3v) is 13.3. The van der Waals surface area contributed by atoms with E-state index < -0.39 is 138 Å². The molecule has 2 saturated carbocycles. The highest BCUT2D eigenvalue weighted by Crippen LogP contribution is 2.70. The predicted octanol–water partition coefficient (Wildman–Crippen LogP) is 3.62. The summed E-state index contributed by atoms with van der Waals surface area (Å²) >= 11 is 0. The molecular weight excluding hydrogens is 879 g/mol. The fourth-order valence-electron chi connectivity index (χ4n) is 10.4. The van der Waals surface area contributed by atoms with E-state index >= 15 is 0 Å². The second kappa shape index (κ2) is 18.2. The summed E-state index contributed by atoms with van der Waals surface area (Å²) in [5.41, 5.74) is -10.7. The number of hydrogen-bond acceptors (Lipinski definition) is 19. The van der Waals surface area contributed by atoms with Crippen LogP contribution in [-0.4, -0.2) is 124 Å². The molecule has 3 fully saturated rings. The van der Waals surface area contributed by atoms with Gasteiger partial charge in [0.1, 0.15) is 42.0 Å². The van der Waals surface area contributed by atoms with Crippen LogP contribution >= 0.6 is 0 Å². The molecule has 4 aliphatic rings. The van der Waals surface area contributed by atoms with Gasteiger partial charge in [0.05, 0.1) is 34.2 Å². The van der Waals surface area contributed by atoms with E-state index in [4.69, 9.17) is 42.6 Å². The summed E-state index contributed by atoms with van der Waals surface area (Å²) in [6, 6.07) is 17.8. The summed E-state index contributed by atoms with van der Waals surface area (Å²) in [5, 5.41) is 13.9. The Labute approximate surface area is 384 Å². The van der Waals surface area contributed by atoms with E-state index in [-0.39, 0.29) is 22.4 Å². The first-order valence-electron chi connectivity index (χ1n) is 21.5. The number of esters is 8. The maximum atomic E-state index is 14.8. The van der Waals surface area contributed by atoms with Crippen molar-refractivity contribution >= 4 is 47.8 Å². The normalized spacial score (nSPS) is 34.1. The minimum Gasteiger partial charge on any atom is -0.465 e. The van der Waals surface area contributed by atoms with Crippen LogP contribution in [0.15, 0.2) is 79.0 Å². The largest absolute Gasteiger partial charge is 0.465 e. The molecule has 1 saturated heterocycles. The van der Waals surface area contributed by atoms with Crippen LogP contribution in [0.4, 0.5) is 0 Å². The van der Waals surface area contributed by atoms with Gasteiger partial charge in [0, 0.05) is 39.8 Å². The van der Waals surface area contributed by atoms with E-state index in [0.29, 0.717) is 0 Å². The number of benzene rings is 2. The zero-order valence-electron chi connectivity index (χ0n) is 38.0. The Morgan fingerprint density at radius 1 is 0.687 bits per heavy atom. The Balaban J connectivity index is 1.65. The number of rotatable bonds is 9. The lowest BCUT2D eigenvalue weighted by atomic mass is 9.45. The number of nitrogens with zero attached hydrogens (tertiary/aromatic N) is 1. The van der Waals surface area contributed by atoms with Crippen molar-refractivity contribution in [3.05, 3.63) is 101 Å². The van der Waals surface area contributed by atoms with Crippen molar-refractivity contribution in [3.8, 4) is 0 Å². The van der Waals surface area contributed by atoms with Gasteiger partial charge in [-0.3, -0.25) is 29.0 Å². The van der Waals surface area contributed by atoms with Gasteiger partial charge >= 0.3 is 47.8 Å². The summed E-state index contributed by atoms with van der Waals surface area (Å²) in [6.45, 7) is 7.70. The third-order valence-electron chi connectivity index (χ3n) is 13.3. The quantitative estimate of drug-likeness (QED) is 0.238. The topological polar surface area (TPSA) is 253 Å². The molecule has 0 unspecified atom stereocenters. The number of aromatic nitrogens is 1. The van der Waals surface area contributed by atoms with Gasteiger partial charge in [0.15, 0.2) is 30.0 Å². The smallest absolute Gasteiger partial charge is 0.340 e. The highest BCUT2D eigenvalue weighted by atomic mass is 16.7. The van der Waals surface area contributed by atoms with E-state index in [0.717, 1.165) is 34.6 Å². The molecule has 67 heavy (non-hydrogen) atoms. The molecule has 3 aromatic rings. The number of aliphatic hydroxyl groups is 1. The highest BCUT2D eigenvalue weighted by molar-refractivity contribution is 5.92. The van der Waals surface area contributed by atoms with Crippen LogP contribution in [0.3, 0.4) is 0 Å². The van der Waals surface area contributed by atoms with Crippen molar-refractivity contribution < 1.29 is 86.1 Å². The van der Waals surface area contributed by atoms with Crippen molar-refractivity contribution in [2.24, 2.45) is 17.3 Å². The molecule has 19 heteroatoms. The minimum atomic E-state index is -2.91. The molecule has 0 amide bonds. The number of carbonyl (C=O) groups is 8. The van der Waals surface area contributed by atoms with Crippen molar-refractivity contribution in [2.45, 2.75) is 115 Å². The van der Waals surface area contributed by atoms with Crippen LogP contribution in [0.25, 0.3) is 0 Å². The number of carbonyl (C=O) groups excluding carboxylic acids is 8. The van der Waals surface area contributed by atoms with Crippen LogP contribution in [0, 0.1) is 17.3 Å². The van der Waals surface area contributed by atoms with Gasteiger partial charge in [-0.1, -0.05) is 50.2 Å². The Bertz CT molecular complexity index is 2460. The molecule has 3 heterocycles. The Morgan fingerprint density at radius 2 is 1.24 bits per heavy atom. The number of fused-ring (bicyclic) bond motifs is 5. The molecular formula is C48H51NO18. The zero-order valence-corrected chi connectivity index (χ0v) is 38.0. The van der Waals surface area contributed by atoms with Crippen LogP contribution in [0.1, 0.15) is 98.1 Å². The molecule has 19 nitrogen and oxygen atoms in total. The Morgan fingerprint density at radius 3 is 1.81 bits per heavy atom. The molecule has 7 rings (SSSR count). The summed E-state index contributed by atoms with van der Waals surface area (Å²) in [4.78, 5) is 116. The van der Waals surface area contributed by atoms with Crippen LogP contribution < -0.4 is 0 Å². The zero-order chi connectivity index (χ0) is 48.8. The van der Waals surface area contributed by atoms with E-state index in [1.807, 2.05) is 0 Å². The molecule has 1 N–H and O–H groups in total. The van der Waals surface area contributed by atoms with Crippen LogP contribution in [0.2, 0.25) is 0 Å². The van der Waals surface area contributed by atoms with Gasteiger partial charge in [0.25, 0.3) is 0 Å². The fraction of sp³-hybridized carbons (Fsp3) is 0.479. The second-order valence-corrected chi connectivity index (χ2v) is 17.7. The summed E-state index contributed by atoms with van der Waals surface area (Å²) in [7, 11) is 0. The van der Waals surface area contributed by atoms with Crippen molar-refractivity contribution in [1.82, 2.24) is 4.98 Å². The lowest BCUT2D eigenvalue weighted by molar-refractivity contribution is -0.385. The molecule has 4 bridgehead atoms. The first kappa shape index (κ1) is 48.2. The number of ether oxygens (including phenoxy) is 9. The van der Waals surface area contributed by atoms with E-state index in [9.17, 15) is 43.5 Å². The average Bonchev–Trinajstić information content (AvgIpc) is 3.50. The fourth-order valence-corrected chi connectivity index (χ4v) is 10.4. The van der Waals surface area contributed by atoms with Gasteiger partial charge in [-0.05, 0) is 50.2 Å². The predicted molar refractivity (Wildman–Crippen MR) is 225 cm³/mol. The lowest BCUT2D eigenvalue weighted by Gasteiger charge is -2.67. The van der Waals surface area contributed by atoms with Crippen LogP contribution in [-0.2, 0) is 66.6 Å². The monoisotopic (exact) mass is 929 g/mol. The van der Waals surface area contributed by atoms with Crippen LogP contribution in [0.5, 0.6) is 0 Å². The van der Waals surface area contributed by atoms with Crippen molar-refractivity contribution in [3.63, 3.8) is 0 Å². The summed E-state index contributed by atoms with van der Waals surface area (Å²) in [6.07, 6.45) is -11.1. The standard InChI is InChI=1S/C48H51NO18/c1-24-25(2)41(54)65-38-36(64-42(55)30-16-11-9-12-17-30)40(66-43(56)31-18-13-10-14-19-31)47(23-59-26(3)50)39(63-29(6)53)35(61-27(4)51)33-37(62-28(5)52)48(47,46(38,8)58)67-45(33,7)22-60-44(57)32-20-15-21-49-34(24)32/h9-21,24-25,33,35-40,58H,22-23H2,1-8H3/t24-,25-,33+,35+,36-,37+,38-,39+,40-,45-,46-,47-,48-/m0/s1.